The van der Waals surface area contributed by atoms with E-state index < -0.39 is 45.3 Å². The van der Waals surface area contributed by atoms with Crippen LogP contribution in [-0.2, 0) is 0 Å². The fourth-order valence-electron chi connectivity index (χ4n) is 8.53. The van der Waals surface area contributed by atoms with E-state index in [1.165, 1.54) is 0 Å². The van der Waals surface area contributed by atoms with Crippen LogP contribution in [-0.4, -0.2) is 14.1 Å². The van der Waals surface area contributed by atoms with E-state index in [1.54, 1.807) is 32.1 Å². The van der Waals surface area contributed by atoms with Gasteiger partial charge in [-0.15, -0.1) is 0 Å². The van der Waals surface area contributed by atoms with Crippen molar-refractivity contribution in [2.45, 2.75) is 33.6 Å². The van der Waals surface area contributed by atoms with Gasteiger partial charge < -0.3 is 4.90 Å². The molecule has 0 N–H and O–H groups in total. The minimum atomic E-state index is -2.19. The molecule has 46 heavy (non-hydrogen) atoms. The lowest BCUT2D eigenvalue weighted by Crippen LogP contribution is -2.52. The van der Waals surface area contributed by atoms with Crippen molar-refractivity contribution in [1.29, 1.82) is 42.1 Å². The van der Waals surface area contributed by atoms with Gasteiger partial charge in [0.05, 0.1) is 48.6 Å². The number of nitrogens with zero attached hydrogens (tertiary/aromatic N) is 9. The van der Waals surface area contributed by atoms with Gasteiger partial charge in [-0.25, -0.2) is 0 Å². The molecule has 0 saturated heterocycles. The molecular weight excluding hydrogens is 570 g/mol. The first kappa shape index (κ1) is 31.3. The second-order valence-electron chi connectivity index (χ2n) is 13.0. The highest BCUT2D eigenvalue weighted by atomic mass is 15.1. The molecule has 1 aromatic carbocycles. The summed E-state index contributed by atoms with van der Waals surface area (Å²) in [5, 5.41) is 86.2. The van der Waals surface area contributed by atoms with E-state index in [0.717, 1.165) is 5.69 Å². The molecule has 5 aliphatic carbocycles. The molecule has 4 unspecified atom stereocenters. The summed E-state index contributed by atoms with van der Waals surface area (Å²) < 4.78 is 0. The van der Waals surface area contributed by atoms with Crippen LogP contribution in [0.2, 0.25) is 0 Å². The summed E-state index contributed by atoms with van der Waals surface area (Å²) in [5.74, 6) is -4.23. The van der Waals surface area contributed by atoms with Crippen LogP contribution in [0.3, 0.4) is 0 Å². The maximum absolute atomic E-state index is 10.9. The highest BCUT2D eigenvalue weighted by molar-refractivity contribution is 5.73. The van der Waals surface area contributed by atoms with E-state index in [-0.39, 0.29) is 5.92 Å². The van der Waals surface area contributed by atoms with Crippen molar-refractivity contribution in [2.24, 2.45) is 45.3 Å². The molecule has 0 heterocycles. The van der Waals surface area contributed by atoms with Crippen LogP contribution in [0.25, 0.3) is 0 Å². The van der Waals surface area contributed by atoms with Gasteiger partial charge in [0, 0.05) is 43.5 Å². The van der Waals surface area contributed by atoms with Crippen molar-refractivity contribution in [3.63, 3.8) is 0 Å². The molecule has 0 amide bonds. The van der Waals surface area contributed by atoms with Gasteiger partial charge >= 0.3 is 0 Å². The second kappa shape index (κ2) is 10.2. The van der Waals surface area contributed by atoms with Crippen LogP contribution < -0.4 is 4.90 Å². The number of rotatable bonds is 3. The standard InChI is InChI=1S/C37H29N9/c1-21(2)26-11-28-22(3)30-27-12-29(24-7-9-25(10-8-24)46(5)6)35(15-40,16-41)36(17-42,18-43)32(27)23(4)31(30)33(26)37(19-44,20-45)34(28,13-38)14-39/h7-12,21,28-29,32-33H,1-6H3. The second-order valence-corrected chi connectivity index (χ2v) is 13.0. The Morgan fingerprint density at radius 1 is 0.609 bits per heavy atom. The summed E-state index contributed by atoms with van der Waals surface area (Å²) in [6.45, 7) is 7.30. The maximum atomic E-state index is 10.9. The van der Waals surface area contributed by atoms with Gasteiger partial charge in [0.2, 0.25) is 0 Å². The maximum Gasteiger partial charge on any atom is 0.186 e. The Morgan fingerprint density at radius 2 is 1.07 bits per heavy atom. The number of fused-ring (bicyclic) bond motifs is 2. The van der Waals surface area contributed by atoms with Gasteiger partial charge in [-0.2, -0.15) is 42.1 Å². The predicted molar refractivity (Wildman–Crippen MR) is 165 cm³/mol. The Labute approximate surface area is 269 Å². The lowest BCUT2D eigenvalue weighted by atomic mass is 9.47. The fraction of sp³-hybridized carbons (Fsp3) is 0.405. The van der Waals surface area contributed by atoms with Crippen molar-refractivity contribution in [2.75, 3.05) is 19.0 Å². The highest BCUT2D eigenvalue weighted by Gasteiger charge is 2.73. The molecule has 0 saturated carbocycles. The van der Waals surface area contributed by atoms with E-state index in [2.05, 4.69) is 48.6 Å². The Kier molecular flexibility index (Phi) is 6.97. The molecule has 0 aromatic heterocycles. The molecule has 4 atom stereocenters. The monoisotopic (exact) mass is 599 g/mol. The zero-order chi connectivity index (χ0) is 34.0. The number of hydrogen-bond donors (Lipinski definition) is 0. The first-order valence-electron chi connectivity index (χ1n) is 14.8. The predicted octanol–water partition coefficient (Wildman–Crippen LogP) is 6.02. The van der Waals surface area contributed by atoms with Gasteiger partial charge in [-0.1, -0.05) is 54.9 Å². The molecule has 9 nitrogen and oxygen atoms in total. The average molecular weight is 600 g/mol. The summed E-state index contributed by atoms with van der Waals surface area (Å²) in [5.41, 5.74) is -3.71. The summed E-state index contributed by atoms with van der Waals surface area (Å²) in [6, 6.07) is 24.2. The zero-order valence-electron chi connectivity index (χ0n) is 26.4. The van der Waals surface area contributed by atoms with Crippen LogP contribution in [0, 0.1) is 136 Å². The molecular formula is C37H29N9. The molecule has 1 aromatic rings. The summed E-state index contributed by atoms with van der Waals surface area (Å²) >= 11 is 0. The Bertz CT molecular complexity index is 1990. The third kappa shape index (κ3) is 3.26. The summed E-state index contributed by atoms with van der Waals surface area (Å²) in [4.78, 5) is 1.90. The summed E-state index contributed by atoms with van der Waals surface area (Å²) in [7, 11) is 3.75. The Balaban J connectivity index is 1.98. The molecule has 2 bridgehead atoms. The molecule has 5 aliphatic rings. The minimum absolute atomic E-state index is 0.190. The number of hydrogen-bond acceptors (Lipinski definition) is 9. The topological polar surface area (TPSA) is 194 Å². The molecule has 6 rings (SSSR count). The van der Waals surface area contributed by atoms with Gasteiger partial charge in [0.25, 0.3) is 0 Å². The fourth-order valence-corrected chi connectivity index (χ4v) is 8.53. The van der Waals surface area contributed by atoms with Crippen LogP contribution in [0.1, 0.15) is 39.2 Å². The number of benzene rings is 1. The summed E-state index contributed by atoms with van der Waals surface area (Å²) in [6.07, 6.45) is 3.63. The van der Waals surface area contributed by atoms with Crippen molar-refractivity contribution in [3.8, 4) is 48.6 Å². The van der Waals surface area contributed by atoms with E-state index in [0.29, 0.717) is 39.0 Å². The van der Waals surface area contributed by atoms with Gasteiger partial charge in [-0.05, 0) is 54.2 Å². The molecule has 9 heteroatoms. The van der Waals surface area contributed by atoms with Crippen LogP contribution >= 0.6 is 0 Å². The van der Waals surface area contributed by atoms with Crippen molar-refractivity contribution >= 4 is 5.69 Å². The zero-order valence-corrected chi connectivity index (χ0v) is 26.4. The van der Waals surface area contributed by atoms with Crippen LogP contribution in [0.5, 0.6) is 0 Å². The van der Waals surface area contributed by atoms with Gasteiger partial charge in [0.1, 0.15) is 0 Å². The molecule has 222 valence electrons. The normalized spacial score (nSPS) is 26.8. The third-order valence-corrected chi connectivity index (χ3v) is 10.8. The first-order valence-corrected chi connectivity index (χ1v) is 14.8. The van der Waals surface area contributed by atoms with Crippen LogP contribution in [0.4, 0.5) is 5.69 Å². The van der Waals surface area contributed by atoms with E-state index in [1.807, 2.05) is 51.1 Å². The van der Waals surface area contributed by atoms with Crippen molar-refractivity contribution in [3.05, 3.63) is 75.4 Å². The third-order valence-electron chi connectivity index (χ3n) is 10.8. The van der Waals surface area contributed by atoms with Crippen molar-refractivity contribution in [1.82, 2.24) is 0 Å². The van der Waals surface area contributed by atoms with Gasteiger partial charge in [-0.3, -0.25) is 0 Å². The molecule has 0 aliphatic heterocycles. The van der Waals surface area contributed by atoms with Crippen molar-refractivity contribution < 1.29 is 0 Å². The van der Waals surface area contributed by atoms with E-state index in [4.69, 9.17) is 0 Å². The number of allylic oxidation sites excluding steroid dienone is 8. The van der Waals surface area contributed by atoms with Gasteiger partial charge in [0.15, 0.2) is 21.7 Å². The SMILES string of the molecule is CC1=C2C3=CC(c4ccc(N(C)C)cc4)C(C#N)(C#N)C(C#N)(C#N)C3C(C)=C2C2C(C(C)C)=CC1C(C#N)(C#N)C2(C#N)C#N. The molecule has 0 fully saturated rings. The Hall–Kier alpha value is -6.10. The lowest BCUT2D eigenvalue weighted by molar-refractivity contribution is 0.179. The molecule has 0 spiro atoms. The smallest absolute Gasteiger partial charge is 0.186 e. The van der Waals surface area contributed by atoms with E-state index >= 15 is 0 Å². The first-order chi connectivity index (χ1) is 21.9. The van der Waals surface area contributed by atoms with Crippen LogP contribution in [0.15, 0.2) is 69.9 Å². The number of nitriles is 8. The Morgan fingerprint density at radius 3 is 1.50 bits per heavy atom. The highest BCUT2D eigenvalue weighted by Crippen LogP contribution is 2.71. The largest absolute Gasteiger partial charge is 0.378 e. The quantitative estimate of drug-likeness (QED) is 0.373. The lowest BCUT2D eigenvalue weighted by Gasteiger charge is -2.47. The van der Waals surface area contributed by atoms with E-state index in [9.17, 15) is 42.1 Å². The minimum Gasteiger partial charge on any atom is -0.378 e. The number of anilines is 1. The molecule has 0 radical (unpaired) electrons. The average Bonchev–Trinajstić information content (AvgIpc) is 3.24.